The van der Waals surface area contributed by atoms with Crippen LogP contribution < -0.4 is 0 Å². The zero-order valence-electron chi connectivity index (χ0n) is 16.7. The first kappa shape index (κ1) is 18.7. The molecule has 28 heavy (non-hydrogen) atoms. The lowest BCUT2D eigenvalue weighted by atomic mass is 10.1. The number of rotatable bonds is 5. The number of imidazole rings is 1. The molecular formula is C23H28N4O. The van der Waals surface area contributed by atoms with Crippen LogP contribution in [-0.4, -0.2) is 58.0 Å². The number of piperazine rings is 1. The van der Waals surface area contributed by atoms with E-state index in [1.54, 1.807) is 0 Å². The number of carbonyl (C=O) groups is 1. The highest BCUT2D eigenvalue weighted by Crippen LogP contribution is 2.18. The van der Waals surface area contributed by atoms with E-state index in [4.69, 9.17) is 0 Å². The van der Waals surface area contributed by atoms with E-state index >= 15 is 0 Å². The molecule has 0 saturated carbocycles. The van der Waals surface area contributed by atoms with Gasteiger partial charge in [0.25, 0.3) is 5.91 Å². The van der Waals surface area contributed by atoms with Crippen LogP contribution in [0.3, 0.4) is 0 Å². The van der Waals surface area contributed by atoms with Crippen LogP contribution >= 0.6 is 0 Å². The van der Waals surface area contributed by atoms with Crippen molar-refractivity contribution in [3.63, 3.8) is 0 Å². The lowest BCUT2D eigenvalue weighted by Gasteiger charge is -2.35. The van der Waals surface area contributed by atoms with Gasteiger partial charge in [-0.1, -0.05) is 44.2 Å². The summed E-state index contributed by atoms with van der Waals surface area (Å²) in [7, 11) is 0. The van der Waals surface area contributed by atoms with Crippen molar-refractivity contribution in [3.8, 4) is 0 Å². The number of benzene rings is 2. The fourth-order valence-corrected chi connectivity index (χ4v) is 3.94. The molecule has 5 heteroatoms. The fourth-order valence-electron chi connectivity index (χ4n) is 3.94. The maximum Gasteiger partial charge on any atom is 0.253 e. The molecular weight excluding hydrogens is 348 g/mol. The summed E-state index contributed by atoms with van der Waals surface area (Å²) in [6.07, 6.45) is 3.95. The lowest BCUT2D eigenvalue weighted by Crippen LogP contribution is -2.49. The second-order valence-corrected chi connectivity index (χ2v) is 7.83. The number of hydrogen-bond acceptors (Lipinski definition) is 3. The van der Waals surface area contributed by atoms with Crippen LogP contribution in [0.1, 0.15) is 35.9 Å². The Balaban J connectivity index is 1.33. The van der Waals surface area contributed by atoms with Gasteiger partial charge in [0.1, 0.15) is 5.82 Å². The topological polar surface area (TPSA) is 41.4 Å². The van der Waals surface area contributed by atoms with Gasteiger partial charge in [-0.15, -0.1) is 0 Å². The predicted molar refractivity (Wildman–Crippen MR) is 113 cm³/mol. The lowest BCUT2D eigenvalue weighted by molar-refractivity contribution is 0.0633. The smallest absolute Gasteiger partial charge is 0.253 e. The van der Waals surface area contributed by atoms with E-state index in [-0.39, 0.29) is 5.91 Å². The molecule has 1 amide bonds. The summed E-state index contributed by atoms with van der Waals surface area (Å²) in [5, 5.41) is 2.29. The summed E-state index contributed by atoms with van der Waals surface area (Å²) >= 11 is 0. The molecule has 0 spiro atoms. The Hall–Kier alpha value is -2.66. The number of aromatic nitrogens is 2. The monoisotopic (exact) mass is 376 g/mol. The van der Waals surface area contributed by atoms with E-state index in [2.05, 4.69) is 46.6 Å². The minimum absolute atomic E-state index is 0.141. The molecule has 1 saturated heterocycles. The molecule has 0 aliphatic carbocycles. The fraction of sp³-hybridized carbons (Fsp3) is 0.391. The normalized spacial score (nSPS) is 15.5. The highest BCUT2D eigenvalue weighted by molar-refractivity contribution is 5.98. The molecule has 0 N–H and O–H groups in total. The van der Waals surface area contributed by atoms with E-state index < -0.39 is 0 Å². The van der Waals surface area contributed by atoms with Crippen molar-refractivity contribution < 1.29 is 4.79 Å². The quantitative estimate of drug-likeness (QED) is 0.683. The van der Waals surface area contributed by atoms with Gasteiger partial charge in [-0.2, -0.15) is 0 Å². The van der Waals surface area contributed by atoms with Crippen molar-refractivity contribution in [2.75, 3.05) is 32.7 Å². The van der Waals surface area contributed by atoms with E-state index in [1.807, 2.05) is 41.4 Å². The molecule has 2 heterocycles. The van der Waals surface area contributed by atoms with Crippen molar-refractivity contribution in [2.45, 2.75) is 26.3 Å². The number of carbonyl (C=O) groups excluding carboxylic acids is 1. The first-order valence-electron chi connectivity index (χ1n) is 10.1. The molecule has 2 aromatic carbocycles. The summed E-state index contributed by atoms with van der Waals surface area (Å²) in [5.74, 6) is 1.72. The average Bonchev–Trinajstić information content (AvgIpc) is 3.21. The highest BCUT2D eigenvalue weighted by Gasteiger charge is 2.22. The molecule has 1 aliphatic rings. The van der Waals surface area contributed by atoms with Gasteiger partial charge in [-0.25, -0.2) is 4.98 Å². The standard InChI is InChI=1S/C23H28N4O/c1-18(2)22-24-9-10-26(22)14-11-25-12-15-27(16-13-25)23(28)21-8-7-19-5-3-4-6-20(19)17-21/h3-10,17-18H,11-16H2,1-2H3. The van der Waals surface area contributed by atoms with E-state index in [0.717, 1.165) is 56.0 Å². The number of hydrogen-bond donors (Lipinski definition) is 0. The van der Waals surface area contributed by atoms with E-state index in [0.29, 0.717) is 5.92 Å². The van der Waals surface area contributed by atoms with Gasteiger partial charge in [0.05, 0.1) is 0 Å². The van der Waals surface area contributed by atoms with Gasteiger partial charge in [-0.3, -0.25) is 9.69 Å². The van der Waals surface area contributed by atoms with Crippen LogP contribution in [0.5, 0.6) is 0 Å². The number of fused-ring (bicyclic) bond motifs is 1. The second kappa shape index (κ2) is 8.15. The molecule has 0 unspecified atom stereocenters. The Morgan fingerprint density at radius 1 is 1.00 bits per heavy atom. The van der Waals surface area contributed by atoms with Crippen LogP contribution in [0.25, 0.3) is 10.8 Å². The molecule has 1 fully saturated rings. The Bertz CT molecular complexity index is 954. The minimum atomic E-state index is 0.141. The first-order chi connectivity index (χ1) is 13.6. The third-order valence-electron chi connectivity index (χ3n) is 5.58. The van der Waals surface area contributed by atoms with E-state index in [1.165, 1.54) is 5.39 Å². The Morgan fingerprint density at radius 2 is 1.75 bits per heavy atom. The highest BCUT2D eigenvalue weighted by atomic mass is 16.2. The number of amides is 1. The third kappa shape index (κ3) is 3.94. The first-order valence-corrected chi connectivity index (χ1v) is 10.1. The summed E-state index contributed by atoms with van der Waals surface area (Å²) < 4.78 is 2.25. The molecule has 1 aromatic heterocycles. The second-order valence-electron chi connectivity index (χ2n) is 7.83. The minimum Gasteiger partial charge on any atom is -0.336 e. The van der Waals surface area contributed by atoms with Gasteiger partial charge < -0.3 is 9.47 Å². The summed E-state index contributed by atoms with van der Waals surface area (Å²) in [5.41, 5.74) is 0.784. The average molecular weight is 377 g/mol. The predicted octanol–water partition coefficient (Wildman–Crippen LogP) is 3.62. The molecule has 5 nitrogen and oxygen atoms in total. The Morgan fingerprint density at radius 3 is 2.50 bits per heavy atom. The number of nitrogens with zero attached hydrogens (tertiary/aromatic N) is 4. The van der Waals surface area contributed by atoms with E-state index in [9.17, 15) is 4.79 Å². The van der Waals surface area contributed by atoms with Crippen LogP contribution in [0.4, 0.5) is 0 Å². The molecule has 0 radical (unpaired) electrons. The van der Waals surface area contributed by atoms with Crippen molar-refractivity contribution in [1.82, 2.24) is 19.4 Å². The third-order valence-corrected chi connectivity index (χ3v) is 5.58. The summed E-state index contributed by atoms with van der Waals surface area (Å²) in [4.78, 5) is 21.8. The molecule has 146 valence electrons. The molecule has 4 rings (SSSR count). The SMILES string of the molecule is CC(C)c1nccn1CCN1CCN(C(=O)c2ccc3ccccc3c2)CC1. The maximum atomic E-state index is 12.9. The Labute approximate surface area is 166 Å². The molecule has 0 bridgehead atoms. The van der Waals surface area contributed by atoms with Gasteiger partial charge in [0, 0.05) is 63.1 Å². The van der Waals surface area contributed by atoms with Crippen molar-refractivity contribution >= 4 is 16.7 Å². The maximum absolute atomic E-state index is 12.9. The molecule has 3 aromatic rings. The van der Waals surface area contributed by atoms with Crippen molar-refractivity contribution in [2.24, 2.45) is 0 Å². The van der Waals surface area contributed by atoms with Crippen LogP contribution in [-0.2, 0) is 6.54 Å². The van der Waals surface area contributed by atoms with Crippen LogP contribution in [0, 0.1) is 0 Å². The molecule has 1 aliphatic heterocycles. The molecule has 0 atom stereocenters. The summed E-state index contributed by atoms with van der Waals surface area (Å²) in [6.45, 7) is 9.71. The van der Waals surface area contributed by atoms with Crippen molar-refractivity contribution in [3.05, 3.63) is 66.2 Å². The summed E-state index contributed by atoms with van der Waals surface area (Å²) in [6, 6.07) is 14.2. The van der Waals surface area contributed by atoms with Gasteiger partial charge in [-0.05, 0) is 22.9 Å². The van der Waals surface area contributed by atoms with Crippen LogP contribution in [0.15, 0.2) is 54.9 Å². The zero-order valence-corrected chi connectivity index (χ0v) is 16.7. The van der Waals surface area contributed by atoms with Crippen LogP contribution in [0.2, 0.25) is 0 Å². The van der Waals surface area contributed by atoms with Gasteiger partial charge in [0.2, 0.25) is 0 Å². The Kier molecular flexibility index (Phi) is 5.44. The van der Waals surface area contributed by atoms with Gasteiger partial charge in [0.15, 0.2) is 0 Å². The van der Waals surface area contributed by atoms with Gasteiger partial charge >= 0.3 is 0 Å². The zero-order chi connectivity index (χ0) is 19.5. The largest absolute Gasteiger partial charge is 0.336 e. The van der Waals surface area contributed by atoms with Crippen molar-refractivity contribution in [1.29, 1.82) is 0 Å².